The van der Waals surface area contributed by atoms with Crippen LogP contribution in [0.5, 0.6) is 0 Å². The topological polar surface area (TPSA) is 45.8 Å². The van der Waals surface area contributed by atoms with Crippen molar-refractivity contribution in [3.63, 3.8) is 0 Å². The first-order chi connectivity index (χ1) is 11.0. The van der Waals surface area contributed by atoms with E-state index in [9.17, 15) is 4.79 Å². The van der Waals surface area contributed by atoms with Gasteiger partial charge in [0.2, 0.25) is 0 Å². The van der Waals surface area contributed by atoms with Crippen LogP contribution in [0.4, 0.5) is 0 Å². The minimum absolute atomic E-state index is 0.105. The number of fused-ring (bicyclic) bond motifs is 1. The van der Waals surface area contributed by atoms with Crippen LogP contribution in [-0.2, 0) is 0 Å². The van der Waals surface area contributed by atoms with E-state index in [1.807, 2.05) is 6.92 Å². The second-order valence-electron chi connectivity index (χ2n) is 5.38. The lowest BCUT2D eigenvalue weighted by molar-refractivity contribution is 0.983. The van der Waals surface area contributed by atoms with Gasteiger partial charge in [0.1, 0.15) is 4.83 Å². The Labute approximate surface area is 143 Å². The molecule has 0 aliphatic heterocycles. The van der Waals surface area contributed by atoms with E-state index in [0.717, 1.165) is 20.8 Å². The van der Waals surface area contributed by atoms with Crippen LogP contribution in [-0.4, -0.2) is 15.7 Å². The molecule has 1 aromatic carbocycles. The van der Waals surface area contributed by atoms with Crippen molar-refractivity contribution >= 4 is 33.3 Å². The number of H-pyrrole nitrogens is 1. The van der Waals surface area contributed by atoms with Crippen LogP contribution >= 0.6 is 23.1 Å². The molecule has 0 radical (unpaired) electrons. The maximum atomic E-state index is 12.6. The Morgan fingerprint density at radius 1 is 1.30 bits per heavy atom. The molecule has 0 saturated carbocycles. The van der Waals surface area contributed by atoms with Gasteiger partial charge in [-0.05, 0) is 37.5 Å². The Morgan fingerprint density at radius 3 is 2.78 bits per heavy atom. The van der Waals surface area contributed by atoms with Crippen molar-refractivity contribution in [2.45, 2.75) is 25.9 Å². The molecule has 5 heteroatoms. The van der Waals surface area contributed by atoms with Crippen molar-refractivity contribution in [3.8, 4) is 23.5 Å². The molecular weight excluding hydrogens is 324 g/mol. The van der Waals surface area contributed by atoms with Crippen molar-refractivity contribution in [2.24, 2.45) is 0 Å². The number of aromatic amines is 1. The van der Waals surface area contributed by atoms with Crippen LogP contribution in [0.3, 0.4) is 0 Å². The van der Waals surface area contributed by atoms with Crippen LogP contribution in [0.1, 0.15) is 16.0 Å². The lowest BCUT2D eigenvalue weighted by Crippen LogP contribution is -2.08. The Morgan fingerprint density at radius 2 is 2.09 bits per heavy atom. The van der Waals surface area contributed by atoms with E-state index in [0.29, 0.717) is 16.3 Å². The fraction of sp³-hybridized carbons (Fsp3) is 0.222. The lowest BCUT2D eigenvalue weighted by Gasteiger charge is -2.06. The van der Waals surface area contributed by atoms with E-state index in [4.69, 9.17) is 6.42 Å². The Balaban J connectivity index is 2.22. The monoisotopic (exact) mass is 340 g/mol. The fourth-order valence-electron chi connectivity index (χ4n) is 2.52. The third-order valence-corrected chi connectivity index (χ3v) is 5.58. The summed E-state index contributed by atoms with van der Waals surface area (Å²) in [6.07, 6.45) is 5.27. The second-order valence-corrected chi connectivity index (χ2v) is 7.54. The lowest BCUT2D eigenvalue weighted by atomic mass is 9.99. The number of thioether (sulfide) groups is 1. The Hall–Kier alpha value is -2.03. The average Bonchev–Trinajstić information content (AvgIpc) is 2.84. The van der Waals surface area contributed by atoms with Gasteiger partial charge in [0.15, 0.2) is 5.16 Å². The van der Waals surface area contributed by atoms with Crippen LogP contribution in [0, 0.1) is 33.1 Å². The average molecular weight is 340 g/mol. The quantitative estimate of drug-likeness (QED) is 0.439. The van der Waals surface area contributed by atoms with E-state index in [-0.39, 0.29) is 5.56 Å². The third-order valence-electron chi connectivity index (χ3n) is 3.80. The van der Waals surface area contributed by atoms with E-state index in [1.54, 1.807) is 11.3 Å². The summed E-state index contributed by atoms with van der Waals surface area (Å²) in [4.78, 5) is 21.8. The van der Waals surface area contributed by atoms with Crippen molar-refractivity contribution < 1.29 is 0 Å². The van der Waals surface area contributed by atoms with E-state index in [2.05, 4.69) is 47.9 Å². The van der Waals surface area contributed by atoms with Crippen LogP contribution in [0.15, 0.2) is 28.2 Å². The van der Waals surface area contributed by atoms with Gasteiger partial charge < -0.3 is 4.98 Å². The number of thiophene rings is 1. The standard InChI is InChI=1S/C18H16N2OS2/c1-5-8-22-18-19-16(21)15-14(12(4)23-17(15)20-18)13-7-6-10(2)11(3)9-13/h1,6-7,9H,8H2,2-4H3,(H,19,20,21). The van der Waals surface area contributed by atoms with E-state index >= 15 is 0 Å². The highest BCUT2D eigenvalue weighted by Gasteiger charge is 2.17. The number of hydrogen-bond acceptors (Lipinski definition) is 4. The summed E-state index contributed by atoms with van der Waals surface area (Å²) in [5.74, 6) is 3.03. The van der Waals surface area contributed by atoms with Crippen molar-refractivity contribution in [3.05, 3.63) is 44.6 Å². The fourth-order valence-corrected chi connectivity index (χ4v) is 4.17. The van der Waals surface area contributed by atoms with Gasteiger partial charge in [0.05, 0.1) is 11.1 Å². The van der Waals surface area contributed by atoms with E-state index in [1.165, 1.54) is 22.9 Å². The zero-order valence-electron chi connectivity index (χ0n) is 13.2. The summed E-state index contributed by atoms with van der Waals surface area (Å²) in [5.41, 5.74) is 4.40. The smallest absolute Gasteiger partial charge is 0.260 e. The Bertz CT molecular complexity index is 993. The molecule has 0 spiro atoms. The summed E-state index contributed by atoms with van der Waals surface area (Å²) in [6.45, 7) is 6.20. The van der Waals surface area contributed by atoms with Crippen molar-refractivity contribution in [1.82, 2.24) is 9.97 Å². The number of terminal acetylenes is 1. The number of aromatic nitrogens is 2. The molecule has 0 unspecified atom stereocenters. The van der Waals surface area contributed by atoms with Gasteiger partial charge in [-0.25, -0.2) is 4.98 Å². The normalized spacial score (nSPS) is 10.9. The van der Waals surface area contributed by atoms with E-state index < -0.39 is 0 Å². The van der Waals surface area contributed by atoms with Gasteiger partial charge in [-0.2, -0.15) is 0 Å². The number of aryl methyl sites for hydroxylation is 3. The van der Waals surface area contributed by atoms with Crippen LogP contribution < -0.4 is 5.56 Å². The molecule has 0 atom stereocenters. The summed E-state index contributed by atoms with van der Waals surface area (Å²) in [6, 6.07) is 6.29. The largest absolute Gasteiger partial charge is 0.301 e. The van der Waals surface area contributed by atoms with Gasteiger partial charge >= 0.3 is 0 Å². The maximum Gasteiger partial charge on any atom is 0.260 e. The molecule has 2 heterocycles. The number of rotatable bonds is 3. The third kappa shape index (κ3) is 2.92. The molecule has 23 heavy (non-hydrogen) atoms. The molecular formula is C18H16N2OS2. The maximum absolute atomic E-state index is 12.6. The zero-order chi connectivity index (χ0) is 16.6. The summed E-state index contributed by atoms with van der Waals surface area (Å²) in [5, 5.41) is 1.24. The predicted octanol–water partition coefficient (Wildman–Crippen LogP) is 4.30. The molecule has 0 fully saturated rings. The molecule has 1 N–H and O–H groups in total. The molecule has 0 saturated heterocycles. The molecule has 0 amide bonds. The van der Waals surface area contributed by atoms with Crippen LogP contribution in [0.2, 0.25) is 0 Å². The highest BCUT2D eigenvalue weighted by atomic mass is 32.2. The van der Waals surface area contributed by atoms with Crippen molar-refractivity contribution in [1.29, 1.82) is 0 Å². The molecule has 116 valence electrons. The van der Waals surface area contributed by atoms with Gasteiger partial charge in [-0.15, -0.1) is 17.8 Å². The SMILES string of the molecule is C#CCSc1nc2sc(C)c(-c3ccc(C)c(C)c3)c2c(=O)[nH]1. The second kappa shape index (κ2) is 6.23. The molecule has 3 aromatic rings. The first-order valence-electron chi connectivity index (χ1n) is 7.18. The number of nitrogens with one attached hydrogen (secondary N) is 1. The molecule has 0 aliphatic rings. The predicted molar refractivity (Wildman–Crippen MR) is 99.4 cm³/mol. The van der Waals surface area contributed by atoms with Crippen molar-refractivity contribution in [2.75, 3.05) is 5.75 Å². The minimum atomic E-state index is -0.105. The first kappa shape index (κ1) is 15.9. The summed E-state index contributed by atoms with van der Waals surface area (Å²) in [7, 11) is 0. The highest BCUT2D eigenvalue weighted by Crippen LogP contribution is 2.36. The number of nitrogens with zero attached hydrogens (tertiary/aromatic N) is 1. The van der Waals surface area contributed by atoms with Gasteiger partial charge in [-0.3, -0.25) is 4.79 Å². The highest BCUT2D eigenvalue weighted by molar-refractivity contribution is 7.99. The number of hydrogen-bond donors (Lipinski definition) is 1. The van der Waals surface area contributed by atoms with Gasteiger partial charge in [0.25, 0.3) is 5.56 Å². The Kier molecular flexibility index (Phi) is 4.29. The van der Waals surface area contributed by atoms with Gasteiger partial charge in [-0.1, -0.05) is 35.9 Å². The molecule has 3 nitrogen and oxygen atoms in total. The molecule has 3 rings (SSSR count). The molecule has 2 aromatic heterocycles. The number of benzene rings is 1. The van der Waals surface area contributed by atoms with Gasteiger partial charge in [0, 0.05) is 10.4 Å². The molecule has 0 aliphatic carbocycles. The first-order valence-corrected chi connectivity index (χ1v) is 8.98. The molecule has 0 bridgehead atoms. The zero-order valence-corrected chi connectivity index (χ0v) is 14.8. The van der Waals surface area contributed by atoms with Crippen LogP contribution in [0.25, 0.3) is 21.3 Å². The summed E-state index contributed by atoms with van der Waals surface area (Å²) >= 11 is 2.92. The minimum Gasteiger partial charge on any atom is -0.301 e. The summed E-state index contributed by atoms with van der Waals surface area (Å²) < 4.78 is 0.